The largest absolute Gasteiger partial charge is 0.462 e. The van der Waals surface area contributed by atoms with Crippen LogP contribution >= 0.6 is 15.9 Å². The molecular weight excluding hydrogens is 406 g/mol. The molecule has 0 unspecified atom stereocenters. The highest BCUT2D eigenvalue weighted by Crippen LogP contribution is 2.46. The Morgan fingerprint density at radius 2 is 1.85 bits per heavy atom. The highest BCUT2D eigenvalue weighted by Gasteiger charge is 2.36. The topological polar surface area (TPSA) is 61.5 Å². The van der Waals surface area contributed by atoms with Crippen molar-refractivity contribution in [3.05, 3.63) is 87.7 Å². The third-order valence-corrected chi connectivity index (χ3v) is 5.22. The lowest BCUT2D eigenvalue weighted by molar-refractivity contribution is -0.139. The Morgan fingerprint density at radius 1 is 1.11 bits per heavy atom. The molecule has 27 heavy (non-hydrogen) atoms. The first-order valence-electron chi connectivity index (χ1n) is 8.72. The van der Waals surface area contributed by atoms with Gasteiger partial charge >= 0.3 is 5.97 Å². The van der Waals surface area contributed by atoms with Crippen LogP contribution in [0, 0.1) is 0 Å². The molecule has 4 nitrogen and oxygen atoms in total. The van der Waals surface area contributed by atoms with Gasteiger partial charge in [-0.2, -0.15) is 0 Å². The molecule has 1 aliphatic heterocycles. The average molecular weight is 424 g/mol. The summed E-state index contributed by atoms with van der Waals surface area (Å²) in [6.45, 7) is 2.04. The maximum absolute atomic E-state index is 12.8. The van der Waals surface area contributed by atoms with Gasteiger partial charge in [-0.1, -0.05) is 58.4 Å². The van der Waals surface area contributed by atoms with Gasteiger partial charge in [-0.15, -0.1) is 0 Å². The standard InChI is InChI=1S/C22H18BrNO3/c1-2-26-22(25)20-18(14-7-10-15(23)11-8-14)19-16-6-4-3-5-13(16)9-12-17(19)27-21(20)24/h3-12,18H,2,24H2,1H3/t18-/m0/s1. The maximum atomic E-state index is 12.8. The van der Waals surface area contributed by atoms with Crippen molar-refractivity contribution >= 4 is 32.7 Å². The summed E-state index contributed by atoms with van der Waals surface area (Å²) in [5, 5.41) is 2.10. The van der Waals surface area contributed by atoms with Crippen LogP contribution in [-0.4, -0.2) is 12.6 Å². The van der Waals surface area contributed by atoms with Crippen LogP contribution in [0.5, 0.6) is 5.75 Å². The Bertz CT molecular complexity index is 1060. The van der Waals surface area contributed by atoms with E-state index >= 15 is 0 Å². The fourth-order valence-electron chi connectivity index (χ4n) is 3.54. The predicted molar refractivity (Wildman–Crippen MR) is 108 cm³/mol. The first kappa shape index (κ1) is 17.6. The maximum Gasteiger partial charge on any atom is 0.340 e. The molecule has 0 amide bonds. The molecule has 0 saturated carbocycles. The summed E-state index contributed by atoms with van der Waals surface area (Å²) in [5.74, 6) is -0.0789. The molecule has 4 rings (SSSR count). The van der Waals surface area contributed by atoms with Gasteiger partial charge < -0.3 is 15.2 Å². The fraction of sp³-hybridized carbons (Fsp3) is 0.136. The minimum atomic E-state index is -0.457. The number of fused-ring (bicyclic) bond motifs is 3. The number of esters is 1. The smallest absolute Gasteiger partial charge is 0.340 e. The van der Waals surface area contributed by atoms with E-state index < -0.39 is 5.97 Å². The number of ether oxygens (including phenoxy) is 2. The van der Waals surface area contributed by atoms with Crippen molar-refractivity contribution in [2.45, 2.75) is 12.8 Å². The van der Waals surface area contributed by atoms with E-state index in [2.05, 4.69) is 15.9 Å². The predicted octanol–water partition coefficient (Wildman–Crippen LogP) is 4.86. The number of benzene rings is 3. The number of rotatable bonds is 3. The lowest BCUT2D eigenvalue weighted by atomic mass is 9.80. The van der Waals surface area contributed by atoms with E-state index in [9.17, 15) is 4.79 Å². The number of nitrogens with two attached hydrogens (primary N) is 1. The zero-order valence-corrected chi connectivity index (χ0v) is 16.3. The van der Waals surface area contributed by atoms with Crippen molar-refractivity contribution in [3.63, 3.8) is 0 Å². The molecule has 0 bridgehead atoms. The molecule has 2 N–H and O–H groups in total. The zero-order chi connectivity index (χ0) is 19.0. The summed E-state index contributed by atoms with van der Waals surface area (Å²) in [4.78, 5) is 12.8. The van der Waals surface area contributed by atoms with Gasteiger partial charge in [0.2, 0.25) is 5.88 Å². The summed E-state index contributed by atoms with van der Waals surface area (Å²) in [7, 11) is 0. The summed E-state index contributed by atoms with van der Waals surface area (Å²) < 4.78 is 12.1. The van der Waals surface area contributed by atoms with Gasteiger partial charge in [0.15, 0.2) is 0 Å². The number of halogens is 1. The minimum Gasteiger partial charge on any atom is -0.462 e. The monoisotopic (exact) mass is 423 g/mol. The Kier molecular flexibility index (Phi) is 4.62. The van der Waals surface area contributed by atoms with Crippen molar-refractivity contribution in [2.75, 3.05) is 6.61 Å². The van der Waals surface area contributed by atoms with Crippen molar-refractivity contribution in [1.82, 2.24) is 0 Å². The van der Waals surface area contributed by atoms with Gasteiger partial charge in [0.1, 0.15) is 11.3 Å². The molecule has 0 aliphatic carbocycles. The van der Waals surface area contributed by atoms with Crippen molar-refractivity contribution < 1.29 is 14.3 Å². The highest BCUT2D eigenvalue weighted by atomic mass is 79.9. The van der Waals surface area contributed by atoms with Gasteiger partial charge in [-0.25, -0.2) is 4.79 Å². The van der Waals surface area contributed by atoms with Gasteiger partial charge in [0, 0.05) is 10.0 Å². The first-order chi connectivity index (χ1) is 13.1. The molecular formula is C22H18BrNO3. The van der Waals surface area contributed by atoms with E-state index in [1.807, 2.05) is 60.7 Å². The van der Waals surface area contributed by atoms with E-state index in [1.165, 1.54) is 0 Å². The molecule has 1 atom stereocenters. The highest BCUT2D eigenvalue weighted by molar-refractivity contribution is 9.10. The zero-order valence-electron chi connectivity index (χ0n) is 14.7. The summed E-state index contributed by atoms with van der Waals surface area (Å²) in [6, 6.07) is 19.8. The molecule has 1 aliphatic rings. The van der Waals surface area contributed by atoms with Crippen molar-refractivity contribution in [1.29, 1.82) is 0 Å². The van der Waals surface area contributed by atoms with Crippen LogP contribution in [0.3, 0.4) is 0 Å². The van der Waals surface area contributed by atoms with Crippen LogP contribution in [0.4, 0.5) is 0 Å². The minimum absolute atomic E-state index is 0.0872. The second kappa shape index (κ2) is 7.08. The molecule has 1 heterocycles. The number of carbonyl (C=O) groups excluding carboxylic acids is 1. The second-order valence-corrected chi connectivity index (χ2v) is 7.20. The van der Waals surface area contributed by atoms with Gasteiger partial charge in [0.25, 0.3) is 0 Å². The van der Waals surface area contributed by atoms with E-state index in [4.69, 9.17) is 15.2 Å². The number of hydrogen-bond donors (Lipinski definition) is 1. The first-order valence-corrected chi connectivity index (χ1v) is 9.51. The molecule has 0 aromatic heterocycles. The van der Waals surface area contributed by atoms with Crippen LogP contribution < -0.4 is 10.5 Å². The fourth-order valence-corrected chi connectivity index (χ4v) is 3.80. The summed E-state index contributed by atoms with van der Waals surface area (Å²) >= 11 is 3.47. The van der Waals surface area contributed by atoms with E-state index in [0.29, 0.717) is 11.3 Å². The molecule has 3 aromatic carbocycles. The van der Waals surface area contributed by atoms with Crippen molar-refractivity contribution in [3.8, 4) is 5.75 Å². The Hall–Kier alpha value is -2.79. The molecule has 5 heteroatoms. The normalized spacial score (nSPS) is 16.0. The molecule has 0 fully saturated rings. The molecule has 3 aromatic rings. The quantitative estimate of drug-likeness (QED) is 0.610. The SMILES string of the molecule is CCOC(=O)C1=C(N)Oc2ccc3ccccc3c2[C@@H]1c1ccc(Br)cc1. The van der Waals surface area contributed by atoms with Crippen LogP contribution in [0.15, 0.2) is 76.6 Å². The van der Waals surface area contributed by atoms with Gasteiger partial charge in [0.05, 0.1) is 12.5 Å². The van der Waals surface area contributed by atoms with Gasteiger partial charge in [-0.3, -0.25) is 0 Å². The number of carbonyl (C=O) groups is 1. The Morgan fingerprint density at radius 3 is 2.59 bits per heavy atom. The summed E-state index contributed by atoms with van der Waals surface area (Å²) in [6.07, 6.45) is 0. The third kappa shape index (κ3) is 3.08. The lowest BCUT2D eigenvalue weighted by Gasteiger charge is -2.29. The second-order valence-electron chi connectivity index (χ2n) is 6.28. The Balaban J connectivity index is 2.01. The van der Waals surface area contributed by atoms with E-state index in [1.54, 1.807) is 6.92 Å². The van der Waals surface area contributed by atoms with Crippen LogP contribution in [0.2, 0.25) is 0 Å². The van der Waals surface area contributed by atoms with Gasteiger partial charge in [-0.05, 0) is 41.5 Å². The molecule has 0 spiro atoms. The molecule has 0 radical (unpaired) electrons. The average Bonchev–Trinajstić information content (AvgIpc) is 2.67. The Labute approximate surface area is 165 Å². The number of hydrogen-bond acceptors (Lipinski definition) is 4. The molecule has 136 valence electrons. The molecule has 0 saturated heterocycles. The van der Waals surface area contributed by atoms with E-state index in [0.717, 1.165) is 26.4 Å². The lowest BCUT2D eigenvalue weighted by Crippen LogP contribution is -2.27. The van der Waals surface area contributed by atoms with Crippen LogP contribution in [0.1, 0.15) is 24.0 Å². The van der Waals surface area contributed by atoms with Crippen LogP contribution in [-0.2, 0) is 9.53 Å². The van der Waals surface area contributed by atoms with Crippen LogP contribution in [0.25, 0.3) is 10.8 Å². The summed E-state index contributed by atoms with van der Waals surface area (Å²) in [5.41, 5.74) is 8.38. The van der Waals surface area contributed by atoms with E-state index in [-0.39, 0.29) is 18.4 Å². The van der Waals surface area contributed by atoms with Crippen molar-refractivity contribution in [2.24, 2.45) is 5.73 Å². The third-order valence-electron chi connectivity index (χ3n) is 4.69.